The smallest absolute Gasteiger partial charge is 0.271 e. The number of halogens is 1. The number of nitrogens with one attached hydrogen (secondary N) is 1. The number of rotatable bonds is 4. The molecule has 0 aliphatic heterocycles. The molecule has 0 fully saturated rings. The Morgan fingerprint density at radius 2 is 1.86 bits per heavy atom. The molecule has 0 heterocycles. The number of amides is 1. The van der Waals surface area contributed by atoms with Gasteiger partial charge < -0.3 is 15.2 Å². The van der Waals surface area contributed by atoms with E-state index in [0.717, 1.165) is 6.07 Å². The fourth-order valence-electron chi connectivity index (χ4n) is 2.31. The molecule has 0 saturated heterocycles. The van der Waals surface area contributed by atoms with Gasteiger partial charge in [-0.05, 0) is 18.9 Å². The van der Waals surface area contributed by atoms with Crippen LogP contribution in [0.3, 0.4) is 0 Å². The zero-order valence-corrected chi connectivity index (χ0v) is 12.1. The number of hydrogen-bond donors (Lipinski definition) is 1. The van der Waals surface area contributed by atoms with Crippen LogP contribution in [0.4, 0.5) is 11.4 Å². The predicted octanol–water partition coefficient (Wildman–Crippen LogP) is 1.52. The average molecular weight is 324 g/mol. The molecule has 7 nitrogen and oxygen atoms in total. The third-order valence-electron chi connectivity index (χ3n) is 3.49. The number of aliphatic carboxylic acids is 1. The molecule has 22 heavy (non-hydrogen) atoms. The Morgan fingerprint density at radius 1 is 1.23 bits per heavy atom. The summed E-state index contributed by atoms with van der Waals surface area (Å²) >= 11 is 5.90. The highest BCUT2D eigenvalue weighted by atomic mass is 35.5. The second kappa shape index (κ2) is 6.57. The van der Waals surface area contributed by atoms with Crippen molar-refractivity contribution in [1.82, 2.24) is 0 Å². The van der Waals surface area contributed by atoms with Crippen LogP contribution in [0.5, 0.6) is 0 Å². The van der Waals surface area contributed by atoms with E-state index in [0.29, 0.717) is 0 Å². The van der Waals surface area contributed by atoms with E-state index in [4.69, 9.17) is 11.6 Å². The van der Waals surface area contributed by atoms with E-state index in [1.807, 2.05) is 0 Å². The van der Waals surface area contributed by atoms with Crippen molar-refractivity contribution < 1.29 is 19.6 Å². The number of nitro benzene ring substituents is 1. The minimum Gasteiger partial charge on any atom is -0.550 e. The molecular weight excluding hydrogens is 312 g/mol. The summed E-state index contributed by atoms with van der Waals surface area (Å²) in [6, 6.07) is 3.64. The molecule has 0 radical (unpaired) electrons. The van der Waals surface area contributed by atoms with Gasteiger partial charge in [-0.3, -0.25) is 14.9 Å². The molecule has 1 amide bonds. The largest absolute Gasteiger partial charge is 0.550 e. The molecule has 0 saturated carbocycles. The van der Waals surface area contributed by atoms with E-state index in [2.05, 4.69) is 5.32 Å². The molecule has 8 heteroatoms. The van der Waals surface area contributed by atoms with Gasteiger partial charge >= 0.3 is 0 Å². The van der Waals surface area contributed by atoms with Crippen LogP contribution in [-0.4, -0.2) is 16.8 Å². The van der Waals surface area contributed by atoms with Crippen LogP contribution in [0, 0.1) is 22.0 Å². The van der Waals surface area contributed by atoms with Gasteiger partial charge in [0.05, 0.1) is 21.6 Å². The number of carbonyl (C=O) groups excluding carboxylic acids is 2. The van der Waals surface area contributed by atoms with Crippen molar-refractivity contribution in [3.63, 3.8) is 0 Å². The lowest BCUT2D eigenvalue weighted by molar-refractivity contribution is -0.384. The van der Waals surface area contributed by atoms with Crippen LogP contribution < -0.4 is 10.4 Å². The number of nitro groups is 1. The van der Waals surface area contributed by atoms with Gasteiger partial charge in [-0.25, -0.2) is 0 Å². The number of nitrogens with zero attached hydrogens (tertiary/aromatic N) is 1. The first-order valence-corrected chi connectivity index (χ1v) is 6.88. The zero-order valence-electron chi connectivity index (χ0n) is 11.3. The maximum atomic E-state index is 12.3. The molecule has 116 valence electrons. The van der Waals surface area contributed by atoms with Crippen LogP contribution in [0.2, 0.25) is 5.02 Å². The summed E-state index contributed by atoms with van der Waals surface area (Å²) in [6.07, 6.45) is 3.88. The molecule has 0 unspecified atom stereocenters. The van der Waals surface area contributed by atoms with E-state index in [1.54, 1.807) is 12.2 Å². The zero-order chi connectivity index (χ0) is 16.3. The number of carbonyl (C=O) groups is 2. The van der Waals surface area contributed by atoms with Gasteiger partial charge in [0.1, 0.15) is 0 Å². The summed E-state index contributed by atoms with van der Waals surface area (Å²) in [7, 11) is 0. The van der Waals surface area contributed by atoms with Crippen LogP contribution in [0.25, 0.3) is 0 Å². The maximum Gasteiger partial charge on any atom is 0.271 e. The summed E-state index contributed by atoms with van der Waals surface area (Å²) in [6.45, 7) is 0. The molecule has 1 N–H and O–H groups in total. The van der Waals surface area contributed by atoms with E-state index >= 15 is 0 Å². The van der Waals surface area contributed by atoms with Crippen molar-refractivity contribution in [3.05, 3.63) is 45.5 Å². The number of hydrogen-bond acceptors (Lipinski definition) is 5. The molecule has 2 rings (SSSR count). The van der Waals surface area contributed by atoms with Gasteiger partial charge in [0.25, 0.3) is 5.69 Å². The van der Waals surface area contributed by atoms with Crippen LogP contribution >= 0.6 is 11.6 Å². The quantitative estimate of drug-likeness (QED) is 0.513. The minimum absolute atomic E-state index is 0.0764. The Kier molecular flexibility index (Phi) is 4.77. The second-order valence-corrected chi connectivity index (χ2v) is 5.29. The highest BCUT2D eigenvalue weighted by molar-refractivity contribution is 6.33. The van der Waals surface area contributed by atoms with Crippen molar-refractivity contribution >= 4 is 34.9 Å². The summed E-state index contributed by atoms with van der Waals surface area (Å²) < 4.78 is 0. The number of anilines is 1. The lowest BCUT2D eigenvalue weighted by Crippen LogP contribution is -2.41. The third kappa shape index (κ3) is 3.43. The van der Waals surface area contributed by atoms with Gasteiger partial charge in [-0.2, -0.15) is 0 Å². The first-order chi connectivity index (χ1) is 10.4. The minimum atomic E-state index is -1.30. The Balaban J connectivity index is 2.21. The standard InChI is InChI=1S/C14H13ClN2O5/c15-11-6-5-8(17(21)22)7-12(11)16-13(18)9-3-1-2-4-10(9)14(19)20/h1-2,5-7,9-10H,3-4H2,(H,16,18)(H,19,20)/p-1/t9-,10+/m1/s1. The Labute approximate surface area is 130 Å². The van der Waals surface area contributed by atoms with Gasteiger partial charge in [-0.1, -0.05) is 23.8 Å². The molecule has 2 atom stereocenters. The van der Waals surface area contributed by atoms with Gasteiger partial charge in [0.15, 0.2) is 0 Å². The predicted molar refractivity (Wildman–Crippen MR) is 77.1 cm³/mol. The highest BCUT2D eigenvalue weighted by Crippen LogP contribution is 2.30. The molecule has 0 spiro atoms. The SMILES string of the molecule is O=C([O-])[C@H]1CC=CC[C@H]1C(=O)Nc1cc([N+](=O)[O-])ccc1Cl. The molecule has 1 aliphatic carbocycles. The molecule has 1 aliphatic rings. The molecular formula is C14H12ClN2O5-. The number of carboxylic acid groups (broad SMARTS) is 1. The van der Waals surface area contributed by atoms with Crippen molar-refractivity contribution in [2.75, 3.05) is 5.32 Å². The molecule has 0 bridgehead atoms. The first-order valence-electron chi connectivity index (χ1n) is 6.51. The lowest BCUT2D eigenvalue weighted by atomic mass is 9.82. The van der Waals surface area contributed by atoms with Crippen LogP contribution in [0.15, 0.2) is 30.4 Å². The molecule has 1 aromatic rings. The van der Waals surface area contributed by atoms with Crippen molar-refractivity contribution in [3.8, 4) is 0 Å². The monoisotopic (exact) mass is 323 g/mol. The van der Waals surface area contributed by atoms with Crippen LogP contribution in [-0.2, 0) is 9.59 Å². The second-order valence-electron chi connectivity index (χ2n) is 4.89. The highest BCUT2D eigenvalue weighted by Gasteiger charge is 2.30. The van der Waals surface area contributed by atoms with Gasteiger partial charge in [0, 0.05) is 24.0 Å². The van der Waals surface area contributed by atoms with Crippen molar-refractivity contribution in [1.29, 1.82) is 0 Å². The number of carboxylic acids is 1. The Hall–Kier alpha value is -2.41. The molecule has 0 aromatic heterocycles. The number of non-ortho nitro benzene ring substituents is 1. The Bertz CT molecular complexity index is 659. The average Bonchev–Trinajstić information content (AvgIpc) is 2.49. The van der Waals surface area contributed by atoms with Crippen LogP contribution in [0.1, 0.15) is 12.8 Å². The van der Waals surface area contributed by atoms with Gasteiger partial charge in [0.2, 0.25) is 5.91 Å². The van der Waals surface area contributed by atoms with Crippen molar-refractivity contribution in [2.24, 2.45) is 11.8 Å². The van der Waals surface area contributed by atoms with E-state index in [-0.39, 0.29) is 29.2 Å². The summed E-state index contributed by atoms with van der Waals surface area (Å²) in [5.41, 5.74) is -0.146. The van der Waals surface area contributed by atoms with Gasteiger partial charge in [-0.15, -0.1) is 0 Å². The fourth-order valence-corrected chi connectivity index (χ4v) is 2.48. The Morgan fingerprint density at radius 3 is 2.45 bits per heavy atom. The topological polar surface area (TPSA) is 112 Å². The summed E-state index contributed by atoms with van der Waals surface area (Å²) in [5, 5.41) is 24.4. The summed E-state index contributed by atoms with van der Waals surface area (Å²) in [5.74, 6) is -3.58. The number of allylic oxidation sites excluding steroid dienone is 2. The van der Waals surface area contributed by atoms with E-state index in [1.165, 1.54) is 12.1 Å². The van der Waals surface area contributed by atoms with Crippen molar-refractivity contribution in [2.45, 2.75) is 12.8 Å². The maximum absolute atomic E-state index is 12.3. The lowest BCUT2D eigenvalue weighted by Gasteiger charge is -2.28. The molecule has 1 aromatic carbocycles. The normalized spacial score (nSPS) is 20.4. The third-order valence-corrected chi connectivity index (χ3v) is 3.82. The summed E-state index contributed by atoms with van der Waals surface area (Å²) in [4.78, 5) is 33.5. The van der Waals surface area contributed by atoms with E-state index in [9.17, 15) is 24.8 Å². The fraction of sp³-hybridized carbons (Fsp3) is 0.286. The first kappa shape index (κ1) is 16.0. The van der Waals surface area contributed by atoms with E-state index < -0.39 is 28.6 Å². The number of benzene rings is 1.